The van der Waals surface area contributed by atoms with Gasteiger partial charge in [-0.2, -0.15) is 26.3 Å². The SMILES string of the molecule is CCN(CC)c1cc(C(F)(F)F)nc(C(F)(F)F)n1. The molecule has 1 aromatic rings. The van der Waals surface area contributed by atoms with E-state index in [2.05, 4.69) is 9.97 Å². The Morgan fingerprint density at radius 1 is 0.947 bits per heavy atom. The molecule has 0 spiro atoms. The fraction of sp³-hybridized carbons (Fsp3) is 0.600. The molecule has 0 aliphatic rings. The van der Waals surface area contributed by atoms with Crippen LogP contribution in [0.3, 0.4) is 0 Å². The summed E-state index contributed by atoms with van der Waals surface area (Å²) in [6, 6.07) is 0.516. The molecule has 0 saturated carbocycles. The highest BCUT2D eigenvalue weighted by Crippen LogP contribution is 2.33. The third kappa shape index (κ3) is 3.71. The van der Waals surface area contributed by atoms with Crippen LogP contribution >= 0.6 is 0 Å². The molecule has 0 saturated heterocycles. The Morgan fingerprint density at radius 2 is 1.47 bits per heavy atom. The first-order valence-corrected chi connectivity index (χ1v) is 5.38. The van der Waals surface area contributed by atoms with Crippen LogP contribution in [-0.2, 0) is 12.4 Å². The maximum Gasteiger partial charge on any atom is 0.451 e. The molecule has 0 unspecified atom stereocenters. The minimum absolute atomic E-state index is 0.238. The van der Waals surface area contributed by atoms with Crippen molar-refractivity contribution in [3.05, 3.63) is 17.6 Å². The van der Waals surface area contributed by atoms with E-state index in [4.69, 9.17) is 0 Å². The zero-order valence-corrected chi connectivity index (χ0v) is 10.1. The number of alkyl halides is 6. The van der Waals surface area contributed by atoms with Crippen LogP contribution in [0.5, 0.6) is 0 Å². The van der Waals surface area contributed by atoms with E-state index in [0.717, 1.165) is 0 Å². The second kappa shape index (κ2) is 5.22. The third-order valence-corrected chi connectivity index (χ3v) is 2.34. The Morgan fingerprint density at radius 3 is 1.84 bits per heavy atom. The van der Waals surface area contributed by atoms with Gasteiger partial charge in [-0.15, -0.1) is 0 Å². The van der Waals surface area contributed by atoms with Crippen molar-refractivity contribution >= 4 is 5.82 Å². The number of hydrogen-bond acceptors (Lipinski definition) is 3. The Hall–Kier alpha value is -1.54. The summed E-state index contributed by atoms with van der Waals surface area (Å²) in [4.78, 5) is 6.97. The molecule has 1 rings (SSSR count). The van der Waals surface area contributed by atoms with Crippen molar-refractivity contribution in [3.63, 3.8) is 0 Å². The molecule has 0 amide bonds. The van der Waals surface area contributed by atoms with Gasteiger partial charge < -0.3 is 4.90 Å². The van der Waals surface area contributed by atoms with Crippen molar-refractivity contribution in [2.45, 2.75) is 26.2 Å². The zero-order chi connectivity index (χ0) is 14.8. The predicted molar refractivity (Wildman–Crippen MR) is 55.6 cm³/mol. The summed E-state index contributed by atoms with van der Waals surface area (Å²) in [5.41, 5.74) is -1.60. The molecule has 0 aliphatic carbocycles. The topological polar surface area (TPSA) is 29.0 Å². The van der Waals surface area contributed by atoms with E-state index in [9.17, 15) is 26.3 Å². The summed E-state index contributed by atoms with van der Waals surface area (Å²) in [5, 5.41) is 0. The van der Waals surface area contributed by atoms with Gasteiger partial charge in [0, 0.05) is 19.2 Å². The molecule has 9 heteroatoms. The third-order valence-electron chi connectivity index (χ3n) is 2.34. The summed E-state index contributed by atoms with van der Waals surface area (Å²) in [6.07, 6.45) is -9.98. The highest BCUT2D eigenvalue weighted by molar-refractivity contribution is 5.40. The lowest BCUT2D eigenvalue weighted by Crippen LogP contribution is -2.26. The largest absolute Gasteiger partial charge is 0.451 e. The predicted octanol–water partition coefficient (Wildman–Crippen LogP) is 3.36. The lowest BCUT2D eigenvalue weighted by atomic mass is 10.3. The highest BCUT2D eigenvalue weighted by Gasteiger charge is 2.40. The number of nitrogens with zero attached hydrogens (tertiary/aromatic N) is 3. The van der Waals surface area contributed by atoms with Crippen LogP contribution in [0.15, 0.2) is 6.07 Å². The monoisotopic (exact) mass is 287 g/mol. The van der Waals surface area contributed by atoms with Gasteiger partial charge in [0.1, 0.15) is 5.82 Å². The second-order valence-electron chi connectivity index (χ2n) is 3.60. The first-order valence-electron chi connectivity index (χ1n) is 5.38. The van der Waals surface area contributed by atoms with Gasteiger partial charge in [-0.3, -0.25) is 0 Å². The average Bonchev–Trinajstić information content (AvgIpc) is 2.28. The van der Waals surface area contributed by atoms with Crippen LogP contribution in [0.1, 0.15) is 25.4 Å². The highest BCUT2D eigenvalue weighted by atomic mass is 19.4. The summed E-state index contributed by atoms with van der Waals surface area (Å²) >= 11 is 0. The van der Waals surface area contributed by atoms with Gasteiger partial charge in [0.2, 0.25) is 5.82 Å². The first kappa shape index (κ1) is 15.5. The molecule has 0 radical (unpaired) electrons. The van der Waals surface area contributed by atoms with Gasteiger partial charge in [0.15, 0.2) is 5.69 Å². The fourth-order valence-electron chi connectivity index (χ4n) is 1.42. The molecular weight excluding hydrogens is 276 g/mol. The first-order chi connectivity index (χ1) is 8.59. The molecule has 3 nitrogen and oxygen atoms in total. The number of anilines is 1. The summed E-state index contributed by atoms with van der Waals surface area (Å²) in [7, 11) is 0. The van der Waals surface area contributed by atoms with Gasteiger partial charge in [0.25, 0.3) is 0 Å². The lowest BCUT2D eigenvalue weighted by Gasteiger charge is -2.21. The van der Waals surface area contributed by atoms with E-state index in [0.29, 0.717) is 6.07 Å². The summed E-state index contributed by atoms with van der Waals surface area (Å²) < 4.78 is 75.1. The minimum atomic E-state index is -5.02. The van der Waals surface area contributed by atoms with E-state index < -0.39 is 23.9 Å². The van der Waals surface area contributed by atoms with Crippen molar-refractivity contribution in [3.8, 4) is 0 Å². The van der Waals surface area contributed by atoms with Crippen LogP contribution in [0.4, 0.5) is 32.2 Å². The van der Waals surface area contributed by atoms with Gasteiger partial charge in [-0.1, -0.05) is 0 Å². The van der Waals surface area contributed by atoms with Gasteiger partial charge >= 0.3 is 12.4 Å². The number of aromatic nitrogens is 2. The van der Waals surface area contributed by atoms with Crippen molar-refractivity contribution in [2.75, 3.05) is 18.0 Å². The molecule has 1 heterocycles. The molecule has 108 valence electrons. The van der Waals surface area contributed by atoms with E-state index in [1.807, 2.05) is 0 Å². The van der Waals surface area contributed by atoms with Crippen molar-refractivity contribution in [2.24, 2.45) is 0 Å². The van der Waals surface area contributed by atoms with Crippen LogP contribution < -0.4 is 4.90 Å². The normalized spacial score (nSPS) is 12.6. The zero-order valence-electron chi connectivity index (χ0n) is 10.1. The standard InChI is InChI=1S/C10H11F6N3/c1-3-19(4-2)7-5-6(9(11,12)13)17-8(18-7)10(14,15)16/h5H,3-4H2,1-2H3. The number of hydrogen-bond donors (Lipinski definition) is 0. The number of rotatable bonds is 3. The molecule has 0 fully saturated rings. The van der Waals surface area contributed by atoms with Gasteiger partial charge in [-0.05, 0) is 13.8 Å². The second-order valence-corrected chi connectivity index (χ2v) is 3.60. The van der Waals surface area contributed by atoms with E-state index in [1.165, 1.54) is 4.90 Å². The summed E-state index contributed by atoms with van der Waals surface area (Å²) in [6.45, 7) is 3.68. The van der Waals surface area contributed by atoms with Crippen LogP contribution in [0.2, 0.25) is 0 Å². The quantitative estimate of drug-likeness (QED) is 0.798. The van der Waals surface area contributed by atoms with Gasteiger partial charge in [-0.25, -0.2) is 9.97 Å². The Kier molecular flexibility index (Phi) is 4.26. The Bertz CT molecular complexity index is 404. The van der Waals surface area contributed by atoms with Crippen molar-refractivity contribution in [1.82, 2.24) is 9.97 Å². The van der Waals surface area contributed by atoms with Crippen molar-refractivity contribution in [1.29, 1.82) is 0 Å². The van der Waals surface area contributed by atoms with Crippen LogP contribution in [-0.4, -0.2) is 23.1 Å². The fourth-order valence-corrected chi connectivity index (χ4v) is 1.42. The van der Waals surface area contributed by atoms with Crippen molar-refractivity contribution < 1.29 is 26.3 Å². The molecular formula is C10H11F6N3. The van der Waals surface area contributed by atoms with E-state index in [1.54, 1.807) is 13.8 Å². The molecule has 19 heavy (non-hydrogen) atoms. The summed E-state index contributed by atoms with van der Waals surface area (Å²) in [5.74, 6) is -2.18. The minimum Gasteiger partial charge on any atom is -0.357 e. The number of halogens is 6. The average molecular weight is 287 g/mol. The maximum absolute atomic E-state index is 12.5. The molecule has 0 aliphatic heterocycles. The lowest BCUT2D eigenvalue weighted by molar-refractivity contribution is -0.152. The Labute approximate surface area is 105 Å². The molecule has 1 aromatic heterocycles. The Balaban J connectivity index is 3.41. The smallest absolute Gasteiger partial charge is 0.357 e. The van der Waals surface area contributed by atoms with E-state index >= 15 is 0 Å². The molecule has 0 N–H and O–H groups in total. The van der Waals surface area contributed by atoms with E-state index in [-0.39, 0.29) is 18.9 Å². The molecule has 0 aromatic carbocycles. The van der Waals surface area contributed by atoms with Crippen LogP contribution in [0.25, 0.3) is 0 Å². The van der Waals surface area contributed by atoms with Gasteiger partial charge in [0.05, 0.1) is 0 Å². The maximum atomic E-state index is 12.5. The molecule has 0 atom stereocenters. The van der Waals surface area contributed by atoms with Crippen LogP contribution in [0, 0.1) is 0 Å². The molecule has 0 bridgehead atoms.